The van der Waals surface area contributed by atoms with Crippen LogP contribution < -0.4 is 4.90 Å². The molecule has 0 saturated carbocycles. The van der Waals surface area contributed by atoms with Crippen molar-refractivity contribution in [3.8, 4) is 0 Å². The second-order valence-electron chi connectivity index (χ2n) is 4.73. The van der Waals surface area contributed by atoms with Gasteiger partial charge >= 0.3 is 0 Å². The van der Waals surface area contributed by atoms with Gasteiger partial charge in [-0.1, -0.05) is 13.8 Å². The van der Waals surface area contributed by atoms with Crippen LogP contribution in [0.1, 0.15) is 13.8 Å². The van der Waals surface area contributed by atoms with Gasteiger partial charge in [-0.15, -0.1) is 0 Å². The first kappa shape index (κ1) is 16.2. The summed E-state index contributed by atoms with van der Waals surface area (Å²) in [6.07, 6.45) is 0. The van der Waals surface area contributed by atoms with Gasteiger partial charge in [0.15, 0.2) is 0 Å². The zero-order valence-electron chi connectivity index (χ0n) is 11.4. The normalized spacial score (nSPS) is 10.8. The summed E-state index contributed by atoms with van der Waals surface area (Å²) < 4.78 is 5.77. The molecule has 0 aliphatic heterocycles. The Kier molecular flexibility index (Phi) is 6.50. The Hall–Kier alpha value is -0.890. The van der Waals surface area contributed by atoms with Gasteiger partial charge in [0.25, 0.3) is 5.69 Å². The van der Waals surface area contributed by atoms with Gasteiger partial charge in [-0.2, -0.15) is 0 Å². The summed E-state index contributed by atoms with van der Waals surface area (Å²) in [5.41, 5.74) is 1.15. The number of nitro groups is 1. The maximum atomic E-state index is 10.8. The lowest BCUT2D eigenvalue weighted by molar-refractivity contribution is -0.385. The maximum Gasteiger partial charge on any atom is 0.282 e. The van der Waals surface area contributed by atoms with Crippen LogP contribution in [-0.2, 0) is 4.74 Å². The number of nitrogens with zero attached hydrogens (tertiary/aromatic N) is 2. The van der Waals surface area contributed by atoms with Crippen molar-refractivity contribution >= 4 is 34.0 Å². The van der Waals surface area contributed by atoms with E-state index in [1.807, 2.05) is 28.7 Å². The first-order valence-corrected chi connectivity index (χ1v) is 7.21. The van der Waals surface area contributed by atoms with E-state index in [2.05, 4.69) is 18.7 Å². The molecule has 0 heterocycles. The van der Waals surface area contributed by atoms with Crippen molar-refractivity contribution in [2.24, 2.45) is 5.92 Å². The number of hydrogen-bond donors (Lipinski definition) is 0. The predicted octanol–water partition coefficient (Wildman–Crippen LogP) is 3.31. The Balaban J connectivity index is 2.95. The Morgan fingerprint density at radius 2 is 2.16 bits per heavy atom. The van der Waals surface area contributed by atoms with E-state index in [0.29, 0.717) is 16.1 Å². The van der Waals surface area contributed by atoms with Gasteiger partial charge in [-0.3, -0.25) is 10.1 Å². The number of rotatable bonds is 7. The summed E-state index contributed by atoms with van der Waals surface area (Å²) in [6, 6.07) is 5.23. The maximum absolute atomic E-state index is 10.8. The van der Waals surface area contributed by atoms with Crippen LogP contribution >= 0.6 is 22.6 Å². The van der Waals surface area contributed by atoms with Crippen LogP contribution in [0.2, 0.25) is 0 Å². The molecule has 0 aliphatic carbocycles. The van der Waals surface area contributed by atoms with Crippen LogP contribution in [-0.4, -0.2) is 31.7 Å². The van der Waals surface area contributed by atoms with E-state index in [-0.39, 0.29) is 10.6 Å². The molecule has 1 aromatic rings. The molecule has 6 heteroatoms. The predicted molar refractivity (Wildman–Crippen MR) is 84.7 cm³/mol. The van der Waals surface area contributed by atoms with Crippen LogP contribution in [0.15, 0.2) is 18.2 Å². The van der Waals surface area contributed by atoms with Crippen molar-refractivity contribution < 1.29 is 9.66 Å². The lowest BCUT2D eigenvalue weighted by Crippen LogP contribution is -2.31. The van der Waals surface area contributed by atoms with E-state index in [1.165, 1.54) is 0 Å². The van der Waals surface area contributed by atoms with Crippen molar-refractivity contribution in [2.75, 3.05) is 31.7 Å². The average Bonchev–Trinajstić information content (AvgIpc) is 2.33. The first-order chi connectivity index (χ1) is 8.95. The van der Waals surface area contributed by atoms with E-state index in [1.54, 1.807) is 19.2 Å². The van der Waals surface area contributed by atoms with Gasteiger partial charge in [0.05, 0.1) is 15.1 Å². The molecule has 1 aromatic carbocycles. The van der Waals surface area contributed by atoms with E-state index in [9.17, 15) is 10.1 Å². The molecule has 19 heavy (non-hydrogen) atoms. The standard InChI is InChI=1S/C13H19IN2O3/c1-10(2)9-15(6-7-19-3)11-4-5-13(16(17)18)12(14)8-11/h4-5,8,10H,6-7,9H2,1-3H3. The molecule has 5 nitrogen and oxygen atoms in total. The summed E-state index contributed by atoms with van der Waals surface area (Å²) in [5.74, 6) is 0.518. The number of anilines is 1. The monoisotopic (exact) mass is 378 g/mol. The zero-order chi connectivity index (χ0) is 14.4. The molecule has 0 fully saturated rings. The Labute approximate surface area is 127 Å². The molecular formula is C13H19IN2O3. The molecular weight excluding hydrogens is 359 g/mol. The molecule has 0 saturated heterocycles. The highest BCUT2D eigenvalue weighted by Gasteiger charge is 2.15. The molecule has 0 spiro atoms. The van der Waals surface area contributed by atoms with Crippen molar-refractivity contribution in [2.45, 2.75) is 13.8 Å². The number of ether oxygens (including phenoxy) is 1. The average molecular weight is 378 g/mol. The molecule has 0 aliphatic rings. The summed E-state index contributed by atoms with van der Waals surface area (Å²) in [4.78, 5) is 12.7. The zero-order valence-corrected chi connectivity index (χ0v) is 13.6. The highest BCUT2D eigenvalue weighted by molar-refractivity contribution is 14.1. The molecule has 0 amide bonds. The fraction of sp³-hybridized carbons (Fsp3) is 0.538. The minimum absolute atomic E-state index is 0.153. The topological polar surface area (TPSA) is 55.6 Å². The molecule has 0 radical (unpaired) electrons. The molecule has 0 unspecified atom stereocenters. The lowest BCUT2D eigenvalue weighted by atomic mass is 10.2. The molecule has 1 rings (SSSR count). The molecule has 0 aromatic heterocycles. The van der Waals surface area contributed by atoms with Crippen molar-refractivity contribution in [1.29, 1.82) is 0 Å². The summed E-state index contributed by atoms with van der Waals surface area (Å²) >= 11 is 2.01. The van der Waals surface area contributed by atoms with Crippen molar-refractivity contribution in [3.63, 3.8) is 0 Å². The Bertz CT molecular complexity index is 438. The molecule has 106 valence electrons. The van der Waals surface area contributed by atoms with E-state index < -0.39 is 0 Å². The van der Waals surface area contributed by atoms with Gasteiger partial charge in [0.1, 0.15) is 0 Å². The highest BCUT2D eigenvalue weighted by atomic mass is 127. The summed E-state index contributed by atoms with van der Waals surface area (Å²) in [5, 5.41) is 10.8. The number of methoxy groups -OCH3 is 1. The minimum atomic E-state index is -0.354. The first-order valence-electron chi connectivity index (χ1n) is 6.13. The second-order valence-corrected chi connectivity index (χ2v) is 5.89. The van der Waals surface area contributed by atoms with Gasteiger partial charge in [0.2, 0.25) is 0 Å². The fourth-order valence-electron chi connectivity index (χ4n) is 1.81. The summed E-state index contributed by atoms with van der Waals surface area (Å²) in [7, 11) is 1.67. The third-order valence-corrected chi connectivity index (χ3v) is 3.51. The van der Waals surface area contributed by atoms with Gasteiger partial charge in [0, 0.05) is 32.0 Å². The Morgan fingerprint density at radius 3 is 2.63 bits per heavy atom. The van der Waals surface area contributed by atoms with Gasteiger partial charge < -0.3 is 9.64 Å². The third kappa shape index (κ3) is 4.94. The smallest absolute Gasteiger partial charge is 0.282 e. The number of hydrogen-bond acceptors (Lipinski definition) is 4. The van der Waals surface area contributed by atoms with Crippen LogP contribution in [0.4, 0.5) is 11.4 Å². The van der Waals surface area contributed by atoms with Gasteiger partial charge in [-0.05, 0) is 40.6 Å². The quantitative estimate of drug-likeness (QED) is 0.415. The minimum Gasteiger partial charge on any atom is -0.383 e. The van der Waals surface area contributed by atoms with Crippen molar-refractivity contribution in [3.05, 3.63) is 31.9 Å². The Morgan fingerprint density at radius 1 is 1.47 bits per heavy atom. The number of halogens is 1. The van der Waals surface area contributed by atoms with Crippen LogP contribution in [0.25, 0.3) is 0 Å². The van der Waals surface area contributed by atoms with E-state index in [0.717, 1.165) is 18.8 Å². The molecule has 0 N–H and O–H groups in total. The van der Waals surface area contributed by atoms with Crippen LogP contribution in [0.5, 0.6) is 0 Å². The largest absolute Gasteiger partial charge is 0.383 e. The van der Waals surface area contributed by atoms with Crippen LogP contribution in [0.3, 0.4) is 0 Å². The third-order valence-electron chi connectivity index (χ3n) is 2.64. The molecule has 0 atom stereocenters. The van der Waals surface area contributed by atoms with Crippen molar-refractivity contribution in [1.82, 2.24) is 0 Å². The molecule has 0 bridgehead atoms. The number of benzene rings is 1. The van der Waals surface area contributed by atoms with Crippen LogP contribution in [0, 0.1) is 19.6 Å². The van der Waals surface area contributed by atoms with Gasteiger partial charge in [-0.25, -0.2) is 0 Å². The van der Waals surface area contributed by atoms with E-state index >= 15 is 0 Å². The fourth-order valence-corrected chi connectivity index (χ4v) is 2.50. The second kappa shape index (κ2) is 7.64. The number of nitro benzene ring substituents is 1. The van der Waals surface area contributed by atoms with E-state index in [4.69, 9.17) is 4.74 Å². The summed E-state index contributed by atoms with van der Waals surface area (Å²) in [6.45, 7) is 6.62. The SMILES string of the molecule is COCCN(CC(C)C)c1ccc([N+](=O)[O-])c(I)c1. The lowest BCUT2D eigenvalue weighted by Gasteiger charge is -2.26. The highest BCUT2D eigenvalue weighted by Crippen LogP contribution is 2.26.